The van der Waals surface area contributed by atoms with E-state index in [1.807, 2.05) is 24.3 Å². The highest BCUT2D eigenvalue weighted by Crippen LogP contribution is 2.65. The van der Waals surface area contributed by atoms with E-state index in [1.54, 1.807) is 0 Å². The van der Waals surface area contributed by atoms with Crippen LogP contribution >= 0.6 is 0 Å². The molecular weight excluding hydrogens is 624 g/mol. The number of fused-ring (bicyclic) bond motifs is 10. The SMILES string of the molecule is C#CC1(O)CCC2C3CCc4cc(OC(=O)/C=C/C(=O)Oc5ccc6c(c5)CCC5C6CCC6(C)C5CCC6(O)C#C)ccc4C3CCC21C. The van der Waals surface area contributed by atoms with Crippen molar-refractivity contribution in [3.8, 4) is 36.2 Å². The van der Waals surface area contributed by atoms with E-state index in [0.29, 0.717) is 59.8 Å². The van der Waals surface area contributed by atoms with Crippen molar-refractivity contribution in [1.82, 2.24) is 0 Å². The number of hydrogen-bond donors (Lipinski definition) is 2. The van der Waals surface area contributed by atoms with Crippen molar-refractivity contribution in [3.05, 3.63) is 70.8 Å². The fraction of sp³-hybridized carbons (Fsp3) is 0.545. The first-order chi connectivity index (χ1) is 23.9. The highest BCUT2D eigenvalue weighted by molar-refractivity contribution is 5.93. The van der Waals surface area contributed by atoms with Gasteiger partial charge in [-0.05, 0) is 159 Å². The molecule has 6 aliphatic rings. The van der Waals surface area contributed by atoms with Crippen LogP contribution in [0.2, 0.25) is 0 Å². The van der Waals surface area contributed by atoms with Gasteiger partial charge in [0.2, 0.25) is 0 Å². The second-order valence-corrected chi connectivity index (χ2v) is 16.7. The fourth-order valence-corrected chi connectivity index (χ4v) is 12.2. The molecule has 0 amide bonds. The summed E-state index contributed by atoms with van der Waals surface area (Å²) in [6, 6.07) is 11.8. The summed E-state index contributed by atoms with van der Waals surface area (Å²) in [7, 11) is 0. The number of aryl methyl sites for hydroxylation is 2. The van der Waals surface area contributed by atoms with Gasteiger partial charge in [-0.2, -0.15) is 0 Å². The average molecular weight is 673 g/mol. The predicted molar refractivity (Wildman–Crippen MR) is 190 cm³/mol. The van der Waals surface area contributed by atoms with Crippen LogP contribution in [0.5, 0.6) is 11.5 Å². The normalized spacial score (nSPS) is 39.4. The van der Waals surface area contributed by atoms with Gasteiger partial charge >= 0.3 is 11.9 Å². The molecule has 2 aromatic rings. The minimum absolute atomic E-state index is 0.237. The molecule has 0 aromatic heterocycles. The molecular formula is C44H48O6. The Balaban J connectivity index is 0.877. The van der Waals surface area contributed by atoms with Crippen LogP contribution in [0.15, 0.2) is 48.6 Å². The summed E-state index contributed by atoms with van der Waals surface area (Å²) in [5.74, 6) is 7.78. The van der Waals surface area contributed by atoms with Crippen molar-refractivity contribution in [2.75, 3.05) is 0 Å². The summed E-state index contributed by atoms with van der Waals surface area (Å²) in [4.78, 5) is 25.4. The minimum Gasteiger partial charge on any atom is -0.423 e. The first kappa shape index (κ1) is 33.3. The molecule has 10 atom stereocenters. The number of ether oxygens (including phenoxy) is 2. The molecule has 6 aliphatic carbocycles. The summed E-state index contributed by atoms with van der Waals surface area (Å²) in [6.07, 6.45) is 24.8. The van der Waals surface area contributed by atoms with Gasteiger partial charge in [0.15, 0.2) is 0 Å². The third-order valence-corrected chi connectivity index (χ3v) is 15.0. The Labute approximate surface area is 296 Å². The Morgan fingerprint density at radius 3 is 1.50 bits per heavy atom. The zero-order chi connectivity index (χ0) is 35.1. The standard InChI is InChI=1S/C44H48O6/c1-5-43(47)23-19-37-35-11-7-27-25-29(9-13-31(27)33(35)17-21-41(37,43)3)49-39(45)15-16-40(46)50-30-10-14-32-28(26-30)8-12-36-34(32)18-22-42(4)38(36)20-24-44(42,48)6-2/h1-2,9-10,13-16,25-26,33-38,47-48H,7-8,11-12,17-24H2,3-4H3/b16-15+. The number of hydrogen-bond acceptors (Lipinski definition) is 6. The van der Waals surface area contributed by atoms with Crippen LogP contribution in [0.1, 0.15) is 112 Å². The molecule has 10 unspecified atom stereocenters. The molecule has 50 heavy (non-hydrogen) atoms. The second kappa shape index (κ2) is 11.9. The monoisotopic (exact) mass is 672 g/mol. The van der Waals surface area contributed by atoms with Crippen LogP contribution in [0, 0.1) is 59.2 Å². The van der Waals surface area contributed by atoms with E-state index in [2.05, 4.69) is 37.8 Å². The third kappa shape index (κ3) is 4.93. The van der Waals surface area contributed by atoms with E-state index in [4.69, 9.17) is 22.3 Å². The van der Waals surface area contributed by atoms with Crippen molar-refractivity contribution < 1.29 is 29.3 Å². The molecule has 6 nitrogen and oxygen atoms in total. The van der Waals surface area contributed by atoms with E-state index in [1.165, 1.54) is 22.3 Å². The van der Waals surface area contributed by atoms with Gasteiger partial charge in [-0.3, -0.25) is 0 Å². The maximum absolute atomic E-state index is 12.7. The number of rotatable bonds is 4. The summed E-state index contributed by atoms with van der Waals surface area (Å²) in [5.41, 5.74) is 2.53. The van der Waals surface area contributed by atoms with Crippen LogP contribution in [-0.2, 0) is 22.4 Å². The average Bonchev–Trinajstić information content (AvgIpc) is 3.55. The molecule has 260 valence electrons. The van der Waals surface area contributed by atoms with Crippen molar-refractivity contribution in [1.29, 1.82) is 0 Å². The highest BCUT2D eigenvalue weighted by Gasteiger charge is 2.62. The third-order valence-electron chi connectivity index (χ3n) is 15.0. The van der Waals surface area contributed by atoms with E-state index in [0.717, 1.165) is 76.4 Å². The molecule has 0 aliphatic heterocycles. The molecule has 8 rings (SSSR count). The maximum atomic E-state index is 12.7. The molecule has 4 saturated carbocycles. The van der Waals surface area contributed by atoms with E-state index in [9.17, 15) is 19.8 Å². The molecule has 2 N–H and O–H groups in total. The van der Waals surface area contributed by atoms with Gasteiger partial charge in [-0.15, -0.1) is 12.8 Å². The zero-order valence-electron chi connectivity index (χ0n) is 29.3. The summed E-state index contributed by atoms with van der Waals surface area (Å²) in [5, 5.41) is 22.4. The predicted octanol–water partition coefficient (Wildman–Crippen LogP) is 7.19. The van der Waals surface area contributed by atoms with E-state index < -0.39 is 23.1 Å². The molecule has 4 fully saturated rings. The van der Waals surface area contributed by atoms with Gasteiger partial charge in [0.25, 0.3) is 0 Å². The van der Waals surface area contributed by atoms with Crippen LogP contribution in [0.3, 0.4) is 0 Å². The largest absolute Gasteiger partial charge is 0.423 e. The van der Waals surface area contributed by atoms with Gasteiger partial charge in [0.1, 0.15) is 22.7 Å². The van der Waals surface area contributed by atoms with Gasteiger partial charge in [0.05, 0.1) is 0 Å². The second-order valence-electron chi connectivity index (χ2n) is 16.7. The molecule has 6 heteroatoms. The lowest BCUT2D eigenvalue weighted by Crippen LogP contribution is -2.50. The molecule has 0 spiro atoms. The summed E-state index contributed by atoms with van der Waals surface area (Å²) >= 11 is 0. The van der Waals surface area contributed by atoms with Gasteiger partial charge in [-0.1, -0.05) is 37.8 Å². The lowest BCUT2D eigenvalue weighted by Gasteiger charge is -2.52. The van der Waals surface area contributed by atoms with Crippen LogP contribution in [0.4, 0.5) is 0 Å². The van der Waals surface area contributed by atoms with E-state index in [-0.39, 0.29) is 10.8 Å². The maximum Gasteiger partial charge on any atom is 0.336 e. The van der Waals surface area contributed by atoms with Crippen LogP contribution in [-0.4, -0.2) is 33.4 Å². The van der Waals surface area contributed by atoms with Crippen molar-refractivity contribution in [2.45, 2.75) is 114 Å². The van der Waals surface area contributed by atoms with Gasteiger partial charge in [-0.25, -0.2) is 9.59 Å². The molecule has 0 saturated heterocycles. The van der Waals surface area contributed by atoms with E-state index >= 15 is 0 Å². The molecule has 0 radical (unpaired) electrons. The number of carbonyl (C=O) groups is 2. The smallest absolute Gasteiger partial charge is 0.336 e. The fourth-order valence-electron chi connectivity index (χ4n) is 12.2. The lowest BCUT2D eigenvalue weighted by atomic mass is 9.53. The highest BCUT2D eigenvalue weighted by atomic mass is 16.5. The van der Waals surface area contributed by atoms with Gasteiger partial charge < -0.3 is 19.7 Å². The quantitative estimate of drug-likeness (QED) is 0.155. The van der Waals surface area contributed by atoms with Crippen molar-refractivity contribution in [3.63, 3.8) is 0 Å². The molecule has 0 heterocycles. The zero-order valence-corrected chi connectivity index (χ0v) is 29.3. The summed E-state index contributed by atoms with van der Waals surface area (Å²) < 4.78 is 11.2. The minimum atomic E-state index is -1.01. The Hall–Kier alpha value is -3.84. The number of carbonyl (C=O) groups excluding carboxylic acids is 2. The number of esters is 2. The number of terminal acetylenes is 2. The number of benzene rings is 2. The van der Waals surface area contributed by atoms with Crippen molar-refractivity contribution >= 4 is 11.9 Å². The molecule has 0 bridgehead atoms. The Morgan fingerprint density at radius 2 is 1.10 bits per heavy atom. The first-order valence-electron chi connectivity index (χ1n) is 18.7. The molecule has 2 aromatic carbocycles. The number of aliphatic hydroxyl groups is 2. The Kier molecular flexibility index (Phi) is 7.90. The summed E-state index contributed by atoms with van der Waals surface area (Å²) in [6.45, 7) is 4.38. The topological polar surface area (TPSA) is 93.1 Å². The Morgan fingerprint density at radius 1 is 0.680 bits per heavy atom. The lowest BCUT2D eigenvalue weighted by molar-refractivity contribution is -0.131. The first-order valence-corrected chi connectivity index (χ1v) is 18.7. The van der Waals surface area contributed by atoms with Gasteiger partial charge in [0, 0.05) is 23.0 Å². The Bertz CT molecular complexity index is 1730. The van der Waals surface area contributed by atoms with Crippen LogP contribution in [0.25, 0.3) is 0 Å². The van der Waals surface area contributed by atoms with Crippen LogP contribution < -0.4 is 9.47 Å². The van der Waals surface area contributed by atoms with Crippen molar-refractivity contribution in [2.24, 2.45) is 34.5 Å².